The normalized spacial score (nSPS) is 11.4. The molecule has 0 spiro atoms. The van der Waals surface area contributed by atoms with E-state index in [-0.39, 0.29) is 51.7 Å². The second-order valence-electron chi connectivity index (χ2n) is 9.98. The van der Waals surface area contributed by atoms with E-state index in [2.05, 4.69) is 25.0 Å². The fraction of sp³-hybridized carbons (Fsp3) is 0.241. The molecule has 2 heterocycles. The topological polar surface area (TPSA) is 151 Å². The summed E-state index contributed by atoms with van der Waals surface area (Å²) in [6.07, 6.45) is 3.45. The zero-order valence-corrected chi connectivity index (χ0v) is 25.4. The number of amides is 1. The summed E-state index contributed by atoms with van der Waals surface area (Å²) in [6.45, 7) is 5.78. The lowest BCUT2D eigenvalue weighted by Gasteiger charge is -2.19. The molecular weight excluding hydrogens is 598 g/mol. The molecule has 0 saturated carbocycles. The summed E-state index contributed by atoms with van der Waals surface area (Å²) in [7, 11) is -2.64. The highest BCUT2D eigenvalue weighted by molar-refractivity contribution is 7.92. The largest absolute Gasteiger partial charge is 0.497 e. The minimum absolute atomic E-state index is 0.0144. The van der Waals surface area contributed by atoms with Gasteiger partial charge < -0.3 is 18.9 Å². The van der Waals surface area contributed by atoms with Crippen molar-refractivity contribution in [3.63, 3.8) is 0 Å². The van der Waals surface area contributed by atoms with Crippen molar-refractivity contribution in [2.24, 2.45) is 0 Å². The van der Waals surface area contributed by atoms with Crippen LogP contribution in [0.3, 0.4) is 0 Å². The maximum Gasteiger partial charge on any atom is 0.411 e. The van der Waals surface area contributed by atoms with Gasteiger partial charge in [0.25, 0.3) is 15.9 Å². The zero-order valence-electron chi connectivity index (χ0n) is 23.8. The number of aromatic nitrogens is 3. The number of benzene rings is 2. The van der Waals surface area contributed by atoms with Crippen molar-refractivity contribution in [2.45, 2.75) is 31.1 Å². The zero-order chi connectivity index (χ0) is 31.0. The lowest BCUT2D eigenvalue weighted by atomic mass is 9.87. The number of anilines is 2. The van der Waals surface area contributed by atoms with Crippen molar-refractivity contribution in [3.05, 3.63) is 83.9 Å². The van der Waals surface area contributed by atoms with E-state index >= 15 is 0 Å². The Bertz CT molecular complexity index is 1670. The van der Waals surface area contributed by atoms with Crippen molar-refractivity contribution in [1.82, 2.24) is 15.0 Å². The molecule has 0 fully saturated rings. The number of halogens is 1. The maximum absolute atomic E-state index is 13.3. The Morgan fingerprint density at radius 2 is 1.70 bits per heavy atom. The molecule has 2 aromatic carbocycles. The third-order valence-corrected chi connectivity index (χ3v) is 7.53. The van der Waals surface area contributed by atoms with E-state index in [0.717, 1.165) is 11.9 Å². The first-order valence-electron chi connectivity index (χ1n) is 12.9. The van der Waals surface area contributed by atoms with Crippen LogP contribution in [0.15, 0.2) is 78.2 Å². The number of hydrogen-bond donors (Lipinski definition) is 2. The molecule has 0 aliphatic heterocycles. The number of rotatable bonds is 11. The van der Waals surface area contributed by atoms with Crippen LogP contribution < -0.4 is 24.2 Å². The number of sulfonamides is 1. The first-order chi connectivity index (χ1) is 20.5. The van der Waals surface area contributed by atoms with Crippen molar-refractivity contribution >= 4 is 39.2 Å². The number of pyridine rings is 1. The van der Waals surface area contributed by atoms with Gasteiger partial charge in [-0.15, -0.1) is 0 Å². The molecule has 2 N–H and O–H groups in total. The molecule has 0 bridgehead atoms. The maximum atomic E-state index is 13.3. The predicted octanol–water partition coefficient (Wildman–Crippen LogP) is 6.05. The molecule has 1 amide bonds. The number of hydrogen-bond acceptors (Lipinski definition) is 10. The molecule has 12 nitrogen and oxygen atoms in total. The van der Waals surface area contributed by atoms with Crippen LogP contribution in [0.4, 0.5) is 16.3 Å². The van der Waals surface area contributed by atoms with Crippen LogP contribution in [-0.2, 0) is 20.2 Å². The minimum Gasteiger partial charge on any atom is -0.497 e. The van der Waals surface area contributed by atoms with Crippen molar-refractivity contribution in [2.75, 3.05) is 30.4 Å². The van der Waals surface area contributed by atoms with Gasteiger partial charge in [-0.1, -0.05) is 44.5 Å². The Kier molecular flexibility index (Phi) is 9.88. The quantitative estimate of drug-likeness (QED) is 0.188. The third kappa shape index (κ3) is 8.46. The second-order valence-corrected chi connectivity index (χ2v) is 12.1. The Morgan fingerprint density at radius 1 is 0.977 bits per heavy atom. The van der Waals surface area contributed by atoms with E-state index < -0.39 is 16.1 Å². The standard InChI is InChI=1S/C29H30ClN5O7S/c1-29(2,3)19-5-8-22(9-6-19)43(37,38)35-26-25(42-24-17-21(39-4)7-10-23(24)30)27(33-18-32-26)40-15-16-41-28(36)34-20-11-13-31-14-12-20/h5-14,17-18H,15-16H2,1-4H3,(H,31,34,36)(H,32,33,35). The van der Waals surface area contributed by atoms with Gasteiger partial charge in [-0.05, 0) is 47.4 Å². The van der Waals surface area contributed by atoms with Gasteiger partial charge in [-0.2, -0.15) is 4.98 Å². The van der Waals surface area contributed by atoms with Crippen LogP contribution in [0.1, 0.15) is 26.3 Å². The van der Waals surface area contributed by atoms with Crippen LogP contribution in [0.2, 0.25) is 5.02 Å². The highest BCUT2D eigenvalue weighted by Gasteiger charge is 2.24. The average Bonchev–Trinajstić information content (AvgIpc) is 2.97. The summed E-state index contributed by atoms with van der Waals surface area (Å²) >= 11 is 6.35. The molecule has 2 aromatic heterocycles. The van der Waals surface area contributed by atoms with E-state index in [1.807, 2.05) is 20.8 Å². The molecule has 0 aliphatic carbocycles. The summed E-state index contributed by atoms with van der Waals surface area (Å²) in [6, 6.07) is 14.4. The molecule has 4 aromatic rings. The van der Waals surface area contributed by atoms with E-state index in [9.17, 15) is 13.2 Å². The van der Waals surface area contributed by atoms with Crippen LogP contribution in [0, 0.1) is 0 Å². The summed E-state index contributed by atoms with van der Waals surface area (Å²) in [5, 5.41) is 2.76. The molecule has 0 aliphatic rings. The average molecular weight is 628 g/mol. The lowest BCUT2D eigenvalue weighted by Crippen LogP contribution is -2.18. The summed E-state index contributed by atoms with van der Waals surface area (Å²) in [5.74, 6) is 0.0544. The van der Waals surface area contributed by atoms with E-state index in [1.54, 1.807) is 36.4 Å². The van der Waals surface area contributed by atoms with Gasteiger partial charge in [-0.3, -0.25) is 15.0 Å². The Labute approximate surface area is 254 Å². The SMILES string of the molecule is COc1ccc(Cl)c(Oc2c(NS(=O)(=O)c3ccc(C(C)(C)C)cc3)ncnc2OCCOC(=O)Nc2ccncc2)c1. The first-order valence-corrected chi connectivity index (χ1v) is 14.8. The molecule has 0 unspecified atom stereocenters. The molecule has 0 radical (unpaired) electrons. The van der Waals surface area contributed by atoms with Crippen molar-refractivity contribution in [3.8, 4) is 23.1 Å². The molecule has 14 heteroatoms. The molecule has 0 atom stereocenters. The molecule has 226 valence electrons. The fourth-order valence-electron chi connectivity index (χ4n) is 3.61. The molecular formula is C29H30ClN5O7S. The third-order valence-electron chi connectivity index (χ3n) is 5.87. The minimum atomic E-state index is -4.11. The van der Waals surface area contributed by atoms with Crippen molar-refractivity contribution in [1.29, 1.82) is 0 Å². The molecule has 0 saturated heterocycles. The van der Waals surface area contributed by atoms with Gasteiger partial charge in [0.05, 0.1) is 17.0 Å². The number of nitrogens with one attached hydrogen (secondary N) is 2. The van der Waals surface area contributed by atoms with Gasteiger partial charge in [-0.25, -0.2) is 18.2 Å². The number of carbonyl (C=O) groups excluding carboxylic acids is 1. The Morgan fingerprint density at radius 3 is 2.37 bits per heavy atom. The van der Waals surface area contributed by atoms with E-state index in [0.29, 0.717) is 11.4 Å². The van der Waals surface area contributed by atoms with Crippen molar-refractivity contribution < 1.29 is 32.2 Å². The lowest BCUT2D eigenvalue weighted by molar-refractivity contribution is 0.135. The van der Waals surface area contributed by atoms with Crippen LogP contribution in [0.5, 0.6) is 23.1 Å². The molecule has 4 rings (SSSR count). The highest BCUT2D eigenvalue weighted by atomic mass is 35.5. The second kappa shape index (κ2) is 13.6. The monoisotopic (exact) mass is 627 g/mol. The number of carbonyl (C=O) groups is 1. The summed E-state index contributed by atoms with van der Waals surface area (Å²) in [4.78, 5) is 24.2. The predicted molar refractivity (Wildman–Crippen MR) is 161 cm³/mol. The Balaban J connectivity index is 1.57. The van der Waals surface area contributed by atoms with Gasteiger partial charge in [0, 0.05) is 24.1 Å². The highest BCUT2D eigenvalue weighted by Crippen LogP contribution is 2.40. The molecule has 43 heavy (non-hydrogen) atoms. The van der Waals surface area contributed by atoms with E-state index in [1.165, 1.54) is 37.7 Å². The van der Waals surface area contributed by atoms with Crippen LogP contribution >= 0.6 is 11.6 Å². The van der Waals surface area contributed by atoms with Gasteiger partial charge in [0.1, 0.15) is 31.0 Å². The number of ether oxygens (including phenoxy) is 4. The summed E-state index contributed by atoms with van der Waals surface area (Å²) in [5.41, 5.74) is 1.32. The van der Waals surface area contributed by atoms with Crippen LogP contribution in [-0.4, -0.2) is 49.8 Å². The van der Waals surface area contributed by atoms with Gasteiger partial charge in [0.15, 0.2) is 5.82 Å². The van der Waals surface area contributed by atoms with Gasteiger partial charge in [0.2, 0.25) is 5.75 Å². The number of methoxy groups -OCH3 is 1. The summed E-state index contributed by atoms with van der Waals surface area (Å²) < 4.78 is 51.3. The first kappa shape index (κ1) is 31.3. The number of nitrogens with zero attached hydrogens (tertiary/aromatic N) is 3. The smallest absolute Gasteiger partial charge is 0.411 e. The Hall–Kier alpha value is -4.62. The van der Waals surface area contributed by atoms with Crippen LogP contribution in [0.25, 0.3) is 0 Å². The fourth-order valence-corrected chi connectivity index (χ4v) is 4.77. The van der Waals surface area contributed by atoms with E-state index in [4.69, 9.17) is 30.5 Å². The van der Waals surface area contributed by atoms with Gasteiger partial charge >= 0.3 is 6.09 Å².